The highest BCUT2D eigenvalue weighted by atomic mass is 16.6. The summed E-state index contributed by atoms with van der Waals surface area (Å²) in [5, 5.41) is 0. The lowest BCUT2D eigenvalue weighted by Crippen LogP contribution is -2.30. The molecule has 1 rings (SSSR count). The molecule has 0 saturated carbocycles. The second-order valence-corrected chi connectivity index (χ2v) is 4.58. The molecule has 4 nitrogen and oxygen atoms in total. The van der Waals surface area contributed by atoms with E-state index in [1.165, 1.54) is 12.3 Å². The number of carbonyl (C=O) groups excluding carboxylic acids is 2. The molecule has 0 bridgehead atoms. The minimum Gasteiger partial charge on any atom is -0.494 e. The van der Waals surface area contributed by atoms with Crippen LogP contribution in [0.1, 0.15) is 27.2 Å². The molecule has 0 aliphatic carbocycles. The standard InChI is InChI=1S/C11H16O4/c1-11(2,3)10(13)15-7-9-6-8(12)4-5-14-9/h4-5,9H,6-7H2,1-3H3. The Bertz CT molecular complexity index is 285. The fourth-order valence-corrected chi connectivity index (χ4v) is 1.05. The van der Waals surface area contributed by atoms with E-state index in [4.69, 9.17) is 9.47 Å². The minimum atomic E-state index is -0.519. The van der Waals surface area contributed by atoms with Crippen LogP contribution in [0.3, 0.4) is 0 Å². The molecule has 0 saturated heterocycles. The van der Waals surface area contributed by atoms with E-state index < -0.39 is 5.41 Å². The van der Waals surface area contributed by atoms with Crippen LogP contribution in [0, 0.1) is 5.41 Å². The first-order valence-corrected chi connectivity index (χ1v) is 4.91. The highest BCUT2D eigenvalue weighted by molar-refractivity contribution is 5.90. The molecule has 1 heterocycles. The maximum absolute atomic E-state index is 11.4. The Labute approximate surface area is 89.2 Å². The molecule has 1 aliphatic rings. The van der Waals surface area contributed by atoms with Crippen LogP contribution in [0.2, 0.25) is 0 Å². The van der Waals surface area contributed by atoms with E-state index in [9.17, 15) is 9.59 Å². The fourth-order valence-electron chi connectivity index (χ4n) is 1.05. The van der Waals surface area contributed by atoms with Crippen LogP contribution in [-0.2, 0) is 19.1 Å². The van der Waals surface area contributed by atoms with Crippen molar-refractivity contribution in [2.75, 3.05) is 6.61 Å². The van der Waals surface area contributed by atoms with Crippen molar-refractivity contribution in [1.82, 2.24) is 0 Å². The second kappa shape index (κ2) is 4.47. The molecule has 0 fully saturated rings. The molecule has 15 heavy (non-hydrogen) atoms. The maximum atomic E-state index is 11.4. The first kappa shape index (κ1) is 11.8. The molecule has 1 atom stereocenters. The molecule has 0 spiro atoms. The van der Waals surface area contributed by atoms with E-state index in [0.29, 0.717) is 0 Å². The van der Waals surface area contributed by atoms with Crippen LogP contribution in [0.25, 0.3) is 0 Å². The zero-order valence-electron chi connectivity index (χ0n) is 9.28. The van der Waals surface area contributed by atoms with Gasteiger partial charge in [-0.25, -0.2) is 0 Å². The predicted octanol–water partition coefficient (Wildman–Crippen LogP) is 1.45. The zero-order valence-corrected chi connectivity index (χ0v) is 9.28. The second-order valence-electron chi connectivity index (χ2n) is 4.58. The van der Waals surface area contributed by atoms with Gasteiger partial charge in [0.1, 0.15) is 12.7 Å². The van der Waals surface area contributed by atoms with Crippen molar-refractivity contribution in [2.45, 2.75) is 33.3 Å². The van der Waals surface area contributed by atoms with Crippen molar-refractivity contribution in [2.24, 2.45) is 5.41 Å². The van der Waals surface area contributed by atoms with Crippen molar-refractivity contribution in [1.29, 1.82) is 0 Å². The minimum absolute atomic E-state index is 0.00180. The number of allylic oxidation sites excluding steroid dienone is 1. The molecule has 84 valence electrons. The van der Waals surface area contributed by atoms with Gasteiger partial charge in [-0.3, -0.25) is 9.59 Å². The van der Waals surface area contributed by atoms with Crippen LogP contribution in [-0.4, -0.2) is 24.5 Å². The number of rotatable bonds is 2. The summed E-state index contributed by atoms with van der Waals surface area (Å²) < 4.78 is 10.2. The SMILES string of the molecule is CC(C)(C)C(=O)OCC1CC(=O)C=CO1. The van der Waals surface area contributed by atoms with E-state index in [0.717, 1.165) is 0 Å². The normalized spacial score (nSPS) is 21.0. The first-order chi connectivity index (χ1) is 6.89. The smallest absolute Gasteiger partial charge is 0.311 e. The summed E-state index contributed by atoms with van der Waals surface area (Å²) in [5.74, 6) is -0.286. The molecule has 0 aromatic rings. The molecule has 0 aromatic carbocycles. The van der Waals surface area contributed by atoms with E-state index in [2.05, 4.69) is 0 Å². The van der Waals surface area contributed by atoms with Crippen molar-refractivity contribution in [3.8, 4) is 0 Å². The highest BCUT2D eigenvalue weighted by Gasteiger charge is 2.25. The first-order valence-electron chi connectivity index (χ1n) is 4.91. The molecule has 0 radical (unpaired) electrons. The van der Waals surface area contributed by atoms with E-state index in [1.807, 2.05) is 0 Å². The Kier molecular flexibility index (Phi) is 3.50. The quantitative estimate of drug-likeness (QED) is 0.650. The molecule has 1 unspecified atom stereocenters. The summed E-state index contributed by atoms with van der Waals surface area (Å²) in [7, 11) is 0. The number of esters is 1. The Hall–Kier alpha value is -1.32. The number of carbonyl (C=O) groups is 2. The molecule has 0 aromatic heterocycles. The van der Waals surface area contributed by atoms with Crippen molar-refractivity contribution < 1.29 is 19.1 Å². The lowest BCUT2D eigenvalue weighted by Gasteiger charge is -2.21. The molecule has 0 amide bonds. The van der Waals surface area contributed by atoms with Gasteiger partial charge in [0.05, 0.1) is 18.1 Å². The Morgan fingerprint density at radius 2 is 2.27 bits per heavy atom. The topological polar surface area (TPSA) is 52.6 Å². The van der Waals surface area contributed by atoms with Gasteiger partial charge in [-0.15, -0.1) is 0 Å². The Morgan fingerprint density at radius 3 is 2.80 bits per heavy atom. The van der Waals surface area contributed by atoms with Gasteiger partial charge in [0.2, 0.25) is 0 Å². The van der Waals surface area contributed by atoms with Gasteiger partial charge in [0.15, 0.2) is 5.78 Å². The molecule has 4 heteroatoms. The van der Waals surface area contributed by atoms with Gasteiger partial charge in [0, 0.05) is 6.08 Å². The third kappa shape index (κ3) is 3.73. The molecule has 0 N–H and O–H groups in total. The van der Waals surface area contributed by atoms with Gasteiger partial charge >= 0.3 is 5.97 Å². The van der Waals surface area contributed by atoms with Gasteiger partial charge in [-0.2, -0.15) is 0 Å². The average molecular weight is 212 g/mol. The molecular weight excluding hydrogens is 196 g/mol. The van der Waals surface area contributed by atoms with Crippen LogP contribution < -0.4 is 0 Å². The van der Waals surface area contributed by atoms with Gasteiger partial charge in [-0.1, -0.05) is 0 Å². The van der Waals surface area contributed by atoms with Gasteiger partial charge < -0.3 is 9.47 Å². The number of hydrogen-bond donors (Lipinski definition) is 0. The van der Waals surface area contributed by atoms with Crippen LogP contribution in [0.4, 0.5) is 0 Å². The van der Waals surface area contributed by atoms with Gasteiger partial charge in [0.25, 0.3) is 0 Å². The van der Waals surface area contributed by atoms with Gasteiger partial charge in [-0.05, 0) is 20.8 Å². The van der Waals surface area contributed by atoms with E-state index >= 15 is 0 Å². The maximum Gasteiger partial charge on any atom is 0.311 e. The fraction of sp³-hybridized carbons (Fsp3) is 0.636. The summed E-state index contributed by atoms with van der Waals surface area (Å²) in [6.07, 6.45) is 2.66. The molecular formula is C11H16O4. The van der Waals surface area contributed by atoms with Crippen LogP contribution in [0.15, 0.2) is 12.3 Å². The largest absolute Gasteiger partial charge is 0.494 e. The summed E-state index contributed by atoms with van der Waals surface area (Å²) >= 11 is 0. The predicted molar refractivity (Wildman–Crippen MR) is 54.1 cm³/mol. The summed E-state index contributed by atoms with van der Waals surface area (Å²) in [6, 6.07) is 0. The zero-order chi connectivity index (χ0) is 11.5. The Balaban J connectivity index is 2.35. The lowest BCUT2D eigenvalue weighted by atomic mass is 9.97. The van der Waals surface area contributed by atoms with Crippen molar-refractivity contribution in [3.05, 3.63) is 12.3 Å². The monoisotopic (exact) mass is 212 g/mol. The lowest BCUT2D eigenvalue weighted by molar-refractivity contribution is -0.156. The van der Waals surface area contributed by atoms with Crippen LogP contribution in [0.5, 0.6) is 0 Å². The Morgan fingerprint density at radius 1 is 1.60 bits per heavy atom. The highest BCUT2D eigenvalue weighted by Crippen LogP contribution is 2.16. The third-order valence-electron chi connectivity index (χ3n) is 1.97. The summed E-state index contributed by atoms with van der Waals surface area (Å²) in [4.78, 5) is 22.4. The molecule has 1 aliphatic heterocycles. The third-order valence-corrected chi connectivity index (χ3v) is 1.97. The van der Waals surface area contributed by atoms with E-state index in [-0.39, 0.29) is 30.9 Å². The number of ether oxygens (including phenoxy) is 2. The number of hydrogen-bond acceptors (Lipinski definition) is 4. The van der Waals surface area contributed by atoms with Crippen molar-refractivity contribution >= 4 is 11.8 Å². The summed E-state index contributed by atoms with van der Waals surface area (Å²) in [6.45, 7) is 5.47. The van der Waals surface area contributed by atoms with Crippen LogP contribution >= 0.6 is 0 Å². The van der Waals surface area contributed by atoms with E-state index in [1.54, 1.807) is 20.8 Å². The van der Waals surface area contributed by atoms with Crippen molar-refractivity contribution in [3.63, 3.8) is 0 Å². The number of ketones is 1. The average Bonchev–Trinajstić information content (AvgIpc) is 2.12. The summed E-state index contributed by atoms with van der Waals surface area (Å²) in [5.41, 5.74) is -0.519.